The minimum absolute atomic E-state index is 0.381. The van der Waals surface area contributed by atoms with Gasteiger partial charge in [-0.25, -0.2) is 0 Å². The molecular formula is C8H10ClNOS. The summed E-state index contributed by atoms with van der Waals surface area (Å²) in [5, 5.41) is 0.668. The normalized spacial score (nSPS) is 10.2. The van der Waals surface area contributed by atoms with E-state index in [0.29, 0.717) is 23.3 Å². The van der Waals surface area contributed by atoms with Crippen molar-refractivity contribution < 1.29 is 4.74 Å². The van der Waals surface area contributed by atoms with Gasteiger partial charge in [-0.05, 0) is 18.2 Å². The summed E-state index contributed by atoms with van der Waals surface area (Å²) in [6.07, 6.45) is 0. The lowest BCUT2D eigenvalue weighted by atomic mass is 10.2. The quantitative estimate of drug-likeness (QED) is 0.449. The van der Waals surface area contributed by atoms with Gasteiger partial charge in [-0.2, -0.15) is 12.6 Å². The number of nitrogen functional groups attached to an aromatic ring is 1. The van der Waals surface area contributed by atoms with E-state index < -0.39 is 0 Å². The van der Waals surface area contributed by atoms with E-state index in [1.54, 1.807) is 18.2 Å². The Balaban J connectivity index is 2.75. The molecule has 0 atom stereocenters. The molecule has 0 aliphatic carbocycles. The maximum absolute atomic E-state index is 5.77. The van der Waals surface area contributed by atoms with Gasteiger partial charge in [0.05, 0.1) is 12.5 Å². The highest BCUT2D eigenvalue weighted by Gasteiger charge is 1.99. The van der Waals surface area contributed by atoms with Crippen LogP contribution in [0.1, 0.15) is 5.56 Å². The molecule has 1 rings (SSSR count). The summed E-state index contributed by atoms with van der Waals surface area (Å²) < 4.78 is 5.08. The molecule has 0 amide bonds. The van der Waals surface area contributed by atoms with Crippen LogP contribution >= 0.6 is 24.2 Å². The van der Waals surface area contributed by atoms with Crippen molar-refractivity contribution in [1.82, 2.24) is 0 Å². The van der Waals surface area contributed by atoms with Crippen molar-refractivity contribution in [2.24, 2.45) is 0 Å². The molecule has 1 aromatic carbocycles. The lowest BCUT2D eigenvalue weighted by molar-refractivity contribution is 0.170. The van der Waals surface area contributed by atoms with Crippen LogP contribution < -0.4 is 5.73 Å². The molecule has 0 aliphatic rings. The highest BCUT2D eigenvalue weighted by molar-refractivity contribution is 7.80. The van der Waals surface area contributed by atoms with Gasteiger partial charge in [0.15, 0.2) is 0 Å². The van der Waals surface area contributed by atoms with Gasteiger partial charge in [0.25, 0.3) is 0 Å². The molecule has 0 saturated heterocycles. The molecule has 4 heteroatoms. The van der Waals surface area contributed by atoms with Crippen molar-refractivity contribution >= 4 is 29.9 Å². The number of ether oxygens (including phenoxy) is 1. The Labute approximate surface area is 82.1 Å². The number of anilines is 1. The molecule has 0 aromatic heterocycles. The monoisotopic (exact) mass is 203 g/mol. The maximum atomic E-state index is 5.77. The molecule has 0 aliphatic heterocycles. The molecule has 0 radical (unpaired) electrons. The van der Waals surface area contributed by atoms with Gasteiger partial charge in [0, 0.05) is 16.3 Å². The van der Waals surface area contributed by atoms with Gasteiger partial charge in [-0.1, -0.05) is 11.6 Å². The first-order valence-electron chi connectivity index (χ1n) is 3.46. The minimum Gasteiger partial charge on any atom is -0.398 e. The molecule has 2 N–H and O–H groups in total. The van der Waals surface area contributed by atoms with E-state index in [1.165, 1.54) is 0 Å². The zero-order valence-corrected chi connectivity index (χ0v) is 8.11. The molecular weight excluding hydrogens is 194 g/mol. The first-order chi connectivity index (χ1) is 5.74. The Kier molecular flexibility index (Phi) is 3.72. The Morgan fingerprint density at radius 1 is 1.50 bits per heavy atom. The van der Waals surface area contributed by atoms with Gasteiger partial charge >= 0.3 is 0 Å². The molecule has 0 spiro atoms. The van der Waals surface area contributed by atoms with Crippen LogP contribution in [0.25, 0.3) is 0 Å². The molecule has 0 fully saturated rings. The molecule has 1 aromatic rings. The van der Waals surface area contributed by atoms with Crippen molar-refractivity contribution in [3.63, 3.8) is 0 Å². The zero-order chi connectivity index (χ0) is 8.97. The van der Waals surface area contributed by atoms with Crippen molar-refractivity contribution in [2.45, 2.75) is 6.61 Å². The van der Waals surface area contributed by atoms with Crippen LogP contribution in [0.3, 0.4) is 0 Å². The summed E-state index contributed by atoms with van der Waals surface area (Å²) in [5.41, 5.74) is 7.26. The van der Waals surface area contributed by atoms with E-state index in [0.717, 1.165) is 5.56 Å². The predicted octanol–water partition coefficient (Wildman–Crippen LogP) is 2.33. The number of hydrogen-bond acceptors (Lipinski definition) is 3. The van der Waals surface area contributed by atoms with Gasteiger partial charge in [-0.3, -0.25) is 0 Å². The van der Waals surface area contributed by atoms with Crippen LogP contribution in [0.4, 0.5) is 5.69 Å². The first kappa shape index (κ1) is 9.71. The number of thiol groups is 1. The van der Waals surface area contributed by atoms with Gasteiger partial charge in [0.2, 0.25) is 0 Å². The van der Waals surface area contributed by atoms with Gasteiger partial charge in [-0.15, -0.1) is 0 Å². The van der Waals surface area contributed by atoms with E-state index in [2.05, 4.69) is 12.6 Å². The standard InChI is InChI=1S/C8H10ClNOS/c9-7-1-2-8(10)6(3-7)4-11-5-12/h1-3,12H,4-5,10H2. The second-order valence-electron chi connectivity index (χ2n) is 2.32. The van der Waals surface area contributed by atoms with Crippen molar-refractivity contribution in [1.29, 1.82) is 0 Å². The van der Waals surface area contributed by atoms with Crippen molar-refractivity contribution in [3.05, 3.63) is 28.8 Å². The Bertz CT molecular complexity index is 267. The number of hydrogen-bond donors (Lipinski definition) is 2. The Hall–Kier alpha value is -0.380. The topological polar surface area (TPSA) is 35.2 Å². The zero-order valence-electron chi connectivity index (χ0n) is 6.46. The molecule has 0 unspecified atom stereocenters. The van der Waals surface area contributed by atoms with Crippen LogP contribution in [0.15, 0.2) is 18.2 Å². The van der Waals surface area contributed by atoms with Crippen LogP contribution in [-0.4, -0.2) is 5.94 Å². The fourth-order valence-corrected chi connectivity index (χ4v) is 1.14. The molecule has 0 heterocycles. The van der Waals surface area contributed by atoms with Crippen LogP contribution in [0.2, 0.25) is 5.02 Å². The largest absolute Gasteiger partial charge is 0.398 e. The third kappa shape index (κ3) is 2.59. The lowest BCUT2D eigenvalue weighted by Crippen LogP contribution is -1.96. The van der Waals surface area contributed by atoms with Gasteiger partial charge in [0.1, 0.15) is 0 Å². The second-order valence-corrected chi connectivity index (χ2v) is 3.02. The second kappa shape index (κ2) is 4.60. The molecule has 0 bridgehead atoms. The fraction of sp³-hybridized carbons (Fsp3) is 0.250. The number of rotatable bonds is 3. The number of halogens is 1. The smallest absolute Gasteiger partial charge is 0.0897 e. The van der Waals surface area contributed by atoms with Crippen molar-refractivity contribution in [2.75, 3.05) is 11.7 Å². The average Bonchev–Trinajstić information content (AvgIpc) is 2.07. The summed E-state index contributed by atoms with van der Waals surface area (Å²) in [4.78, 5) is 0. The molecule has 0 saturated carbocycles. The van der Waals surface area contributed by atoms with Crippen LogP contribution in [0.5, 0.6) is 0 Å². The minimum atomic E-state index is 0.381. The van der Waals surface area contributed by atoms with E-state index in [1.807, 2.05) is 0 Å². The maximum Gasteiger partial charge on any atom is 0.0897 e. The number of benzene rings is 1. The number of nitrogens with two attached hydrogens (primary N) is 1. The van der Waals surface area contributed by atoms with E-state index in [-0.39, 0.29) is 0 Å². The highest BCUT2D eigenvalue weighted by atomic mass is 35.5. The summed E-state index contributed by atoms with van der Waals surface area (Å²) in [6, 6.07) is 5.31. The third-order valence-corrected chi connectivity index (χ3v) is 1.87. The lowest BCUT2D eigenvalue weighted by Gasteiger charge is -2.05. The van der Waals surface area contributed by atoms with E-state index in [4.69, 9.17) is 22.1 Å². The summed E-state index contributed by atoms with van der Waals surface area (Å²) in [6.45, 7) is 0.454. The van der Waals surface area contributed by atoms with Crippen LogP contribution in [0, 0.1) is 0 Å². The average molecular weight is 204 g/mol. The van der Waals surface area contributed by atoms with Gasteiger partial charge < -0.3 is 10.5 Å². The Morgan fingerprint density at radius 3 is 2.92 bits per heavy atom. The summed E-state index contributed by atoms with van der Waals surface area (Å²) in [7, 11) is 0. The first-order valence-corrected chi connectivity index (χ1v) is 4.47. The van der Waals surface area contributed by atoms with E-state index in [9.17, 15) is 0 Å². The fourth-order valence-electron chi connectivity index (χ4n) is 0.855. The summed E-state index contributed by atoms with van der Waals surface area (Å²) in [5.74, 6) is 0.381. The molecule has 66 valence electrons. The van der Waals surface area contributed by atoms with Crippen LogP contribution in [-0.2, 0) is 11.3 Å². The summed E-state index contributed by atoms with van der Waals surface area (Å²) >= 11 is 9.68. The Morgan fingerprint density at radius 2 is 2.25 bits per heavy atom. The highest BCUT2D eigenvalue weighted by Crippen LogP contribution is 2.18. The third-order valence-electron chi connectivity index (χ3n) is 1.45. The predicted molar refractivity (Wildman–Crippen MR) is 54.5 cm³/mol. The van der Waals surface area contributed by atoms with E-state index >= 15 is 0 Å². The van der Waals surface area contributed by atoms with Crippen molar-refractivity contribution in [3.8, 4) is 0 Å². The molecule has 2 nitrogen and oxygen atoms in total. The SMILES string of the molecule is Nc1ccc(Cl)cc1COCS. The molecule has 12 heavy (non-hydrogen) atoms.